The highest BCUT2D eigenvalue weighted by Crippen LogP contribution is 2.38. The van der Waals surface area contributed by atoms with Crippen molar-refractivity contribution in [2.45, 2.75) is 24.1 Å². The lowest BCUT2D eigenvalue weighted by atomic mass is 9.90. The molecule has 0 saturated heterocycles. The highest BCUT2D eigenvalue weighted by Gasteiger charge is 2.36. The van der Waals surface area contributed by atoms with E-state index in [0.717, 1.165) is 0 Å². The molecule has 0 aromatic rings. The summed E-state index contributed by atoms with van der Waals surface area (Å²) in [6, 6.07) is 0. The maximum Gasteiger partial charge on any atom is 0.309 e. The highest BCUT2D eigenvalue weighted by atomic mass is 35.6. The molecule has 0 aliphatic heterocycles. The largest absolute Gasteiger partial charge is 0.481 e. The Hall–Kier alpha value is 0.340. The van der Waals surface area contributed by atoms with Gasteiger partial charge in [0.05, 0.1) is 5.41 Å². The number of rotatable bonds is 2. The SMILES string of the molecule is CC(C)(CC(Cl)(Cl)Cl)C(=O)O. The van der Waals surface area contributed by atoms with E-state index in [1.807, 2.05) is 0 Å². The predicted octanol–water partition coefficient (Wildman–Crippen LogP) is 2.86. The van der Waals surface area contributed by atoms with E-state index in [-0.39, 0.29) is 6.42 Å². The van der Waals surface area contributed by atoms with Crippen LogP contribution in [0.3, 0.4) is 0 Å². The van der Waals surface area contributed by atoms with Crippen LogP contribution in [0.4, 0.5) is 0 Å². The average Bonchev–Trinajstić information content (AvgIpc) is 1.56. The maximum absolute atomic E-state index is 10.5. The molecule has 0 atom stereocenters. The molecule has 2 nitrogen and oxygen atoms in total. The van der Waals surface area contributed by atoms with Gasteiger partial charge in [-0.2, -0.15) is 0 Å². The second-order valence-electron chi connectivity index (χ2n) is 2.98. The molecule has 0 aliphatic carbocycles. The van der Waals surface area contributed by atoms with Crippen molar-refractivity contribution in [2.75, 3.05) is 0 Å². The van der Waals surface area contributed by atoms with Crippen LogP contribution in [-0.2, 0) is 4.79 Å². The number of hydrogen-bond donors (Lipinski definition) is 1. The van der Waals surface area contributed by atoms with Crippen molar-refractivity contribution in [3.63, 3.8) is 0 Å². The normalized spacial score (nSPS) is 13.2. The van der Waals surface area contributed by atoms with Crippen molar-refractivity contribution in [1.29, 1.82) is 0 Å². The molecule has 0 amide bonds. The summed E-state index contributed by atoms with van der Waals surface area (Å²) in [7, 11) is 0. The minimum atomic E-state index is -1.50. The molecule has 0 fully saturated rings. The zero-order valence-corrected chi connectivity index (χ0v) is 8.46. The van der Waals surface area contributed by atoms with Gasteiger partial charge in [0.2, 0.25) is 0 Å². The zero-order chi connectivity index (χ0) is 9.28. The first-order valence-electron chi connectivity index (χ1n) is 2.95. The number of hydrogen-bond acceptors (Lipinski definition) is 1. The third kappa shape index (κ3) is 4.72. The second kappa shape index (κ2) is 3.38. The molecule has 0 unspecified atom stereocenters. The summed E-state index contributed by atoms with van der Waals surface area (Å²) in [4.78, 5) is 10.5. The van der Waals surface area contributed by atoms with Crippen LogP contribution in [0, 0.1) is 5.41 Å². The lowest BCUT2D eigenvalue weighted by molar-refractivity contribution is -0.147. The minimum absolute atomic E-state index is 0. The summed E-state index contributed by atoms with van der Waals surface area (Å²) in [5, 5.41) is 8.63. The summed E-state index contributed by atoms with van der Waals surface area (Å²) >= 11 is 16.3. The Morgan fingerprint density at radius 3 is 1.82 bits per heavy atom. The fourth-order valence-corrected chi connectivity index (χ4v) is 1.58. The summed E-state index contributed by atoms with van der Waals surface area (Å²) in [5.41, 5.74) is -0.995. The molecular formula is C6H9Cl3O2. The lowest BCUT2D eigenvalue weighted by Crippen LogP contribution is -2.28. The molecule has 0 aromatic carbocycles. The van der Waals surface area contributed by atoms with E-state index in [0.29, 0.717) is 0 Å². The molecule has 5 heteroatoms. The fraction of sp³-hybridized carbons (Fsp3) is 0.833. The Kier molecular flexibility index (Phi) is 3.48. The molecule has 0 spiro atoms. The summed E-state index contributed by atoms with van der Waals surface area (Å²) in [6.07, 6.45) is 0. The minimum Gasteiger partial charge on any atom is -0.481 e. The Bertz CT molecular complexity index is 160. The molecule has 0 bridgehead atoms. The molecule has 0 heterocycles. The van der Waals surface area contributed by atoms with Gasteiger partial charge < -0.3 is 5.11 Å². The van der Waals surface area contributed by atoms with Crippen LogP contribution in [0.2, 0.25) is 0 Å². The van der Waals surface area contributed by atoms with Crippen LogP contribution in [-0.4, -0.2) is 14.9 Å². The molecular weight excluding hydrogens is 210 g/mol. The van der Waals surface area contributed by atoms with Crippen molar-refractivity contribution in [3.8, 4) is 0 Å². The number of carboxylic acid groups (broad SMARTS) is 1. The monoisotopic (exact) mass is 218 g/mol. The Morgan fingerprint density at radius 1 is 1.36 bits per heavy atom. The smallest absolute Gasteiger partial charge is 0.309 e. The van der Waals surface area contributed by atoms with Crippen LogP contribution in [0.25, 0.3) is 0 Å². The van der Waals surface area contributed by atoms with E-state index in [2.05, 4.69) is 0 Å². The van der Waals surface area contributed by atoms with Gasteiger partial charge in [0.25, 0.3) is 0 Å². The summed E-state index contributed by atoms with van der Waals surface area (Å²) < 4.78 is -1.50. The molecule has 0 saturated carbocycles. The number of carboxylic acids is 1. The van der Waals surface area contributed by atoms with E-state index in [4.69, 9.17) is 39.9 Å². The van der Waals surface area contributed by atoms with Gasteiger partial charge in [0, 0.05) is 6.42 Å². The van der Waals surface area contributed by atoms with E-state index < -0.39 is 15.2 Å². The van der Waals surface area contributed by atoms with E-state index >= 15 is 0 Å². The van der Waals surface area contributed by atoms with Crippen LogP contribution in [0.5, 0.6) is 0 Å². The average molecular weight is 219 g/mol. The quantitative estimate of drug-likeness (QED) is 0.725. The Labute approximate surface area is 80.4 Å². The summed E-state index contributed by atoms with van der Waals surface area (Å²) in [5.74, 6) is -0.969. The standard InChI is InChI=1S/C6H9Cl3O2/c1-5(2,4(10)11)3-6(7,8)9/h3H2,1-2H3,(H,10,11). The first-order chi connectivity index (χ1) is 4.65. The second-order valence-corrected chi connectivity index (χ2v) is 5.50. The van der Waals surface area contributed by atoms with Crippen LogP contribution < -0.4 is 0 Å². The topological polar surface area (TPSA) is 37.3 Å². The van der Waals surface area contributed by atoms with E-state index in [1.54, 1.807) is 0 Å². The number of aliphatic carboxylic acids is 1. The van der Waals surface area contributed by atoms with Crippen molar-refractivity contribution < 1.29 is 9.90 Å². The van der Waals surface area contributed by atoms with Crippen LogP contribution >= 0.6 is 34.8 Å². The molecule has 0 aromatic heterocycles. The van der Waals surface area contributed by atoms with Crippen LogP contribution in [0.1, 0.15) is 20.3 Å². The molecule has 0 aliphatic rings. The maximum atomic E-state index is 10.5. The third-order valence-corrected chi connectivity index (χ3v) is 1.62. The van der Waals surface area contributed by atoms with Crippen molar-refractivity contribution in [1.82, 2.24) is 0 Å². The van der Waals surface area contributed by atoms with Gasteiger partial charge in [-0.3, -0.25) is 4.79 Å². The predicted molar refractivity (Wildman–Crippen MR) is 46.3 cm³/mol. The molecule has 0 rings (SSSR count). The molecule has 11 heavy (non-hydrogen) atoms. The summed E-state index contributed by atoms with van der Waals surface area (Å²) in [6.45, 7) is 3.02. The Balaban J connectivity index is 4.25. The van der Waals surface area contributed by atoms with Gasteiger partial charge in [0.1, 0.15) is 0 Å². The van der Waals surface area contributed by atoms with E-state index in [1.165, 1.54) is 13.8 Å². The number of halogens is 3. The molecule has 1 N–H and O–H groups in total. The van der Waals surface area contributed by atoms with Crippen molar-refractivity contribution >= 4 is 40.8 Å². The fourth-order valence-electron chi connectivity index (χ4n) is 0.577. The first kappa shape index (κ1) is 11.3. The third-order valence-electron chi connectivity index (χ3n) is 1.22. The zero-order valence-electron chi connectivity index (χ0n) is 6.20. The van der Waals surface area contributed by atoms with Crippen molar-refractivity contribution in [3.05, 3.63) is 0 Å². The first-order valence-corrected chi connectivity index (χ1v) is 4.09. The number of alkyl halides is 3. The van der Waals surface area contributed by atoms with Crippen molar-refractivity contribution in [2.24, 2.45) is 5.41 Å². The number of carbonyl (C=O) groups is 1. The van der Waals surface area contributed by atoms with Gasteiger partial charge in [-0.25, -0.2) is 0 Å². The van der Waals surface area contributed by atoms with Gasteiger partial charge in [-0.1, -0.05) is 34.8 Å². The van der Waals surface area contributed by atoms with Crippen LogP contribution in [0.15, 0.2) is 0 Å². The lowest BCUT2D eigenvalue weighted by Gasteiger charge is -2.23. The Morgan fingerprint density at radius 2 is 1.73 bits per heavy atom. The molecule has 0 radical (unpaired) electrons. The van der Waals surface area contributed by atoms with Gasteiger partial charge in [0.15, 0.2) is 3.79 Å². The van der Waals surface area contributed by atoms with Gasteiger partial charge >= 0.3 is 5.97 Å². The van der Waals surface area contributed by atoms with E-state index in [9.17, 15) is 4.79 Å². The molecule has 66 valence electrons. The highest BCUT2D eigenvalue weighted by molar-refractivity contribution is 6.67. The van der Waals surface area contributed by atoms with Gasteiger partial charge in [-0.05, 0) is 13.8 Å². The van der Waals surface area contributed by atoms with Gasteiger partial charge in [-0.15, -0.1) is 0 Å².